The van der Waals surface area contributed by atoms with E-state index >= 15 is 0 Å². The second-order valence-electron chi connectivity index (χ2n) is 3.95. The number of nitrogens with zero attached hydrogens (tertiary/aromatic N) is 2. The minimum Gasteiger partial charge on any atom is -0.493 e. The number of hydrogen-bond donors (Lipinski definition) is 3. The molecule has 0 atom stereocenters. The van der Waals surface area contributed by atoms with Gasteiger partial charge in [0.2, 0.25) is 11.7 Å². The van der Waals surface area contributed by atoms with Crippen molar-refractivity contribution in [2.75, 3.05) is 0 Å². The van der Waals surface area contributed by atoms with Gasteiger partial charge in [0.1, 0.15) is 0 Å². The third-order valence-corrected chi connectivity index (χ3v) is 2.85. The summed E-state index contributed by atoms with van der Waals surface area (Å²) in [4.78, 5) is 7.49. The van der Waals surface area contributed by atoms with E-state index in [-0.39, 0.29) is 5.88 Å². The summed E-state index contributed by atoms with van der Waals surface area (Å²) in [5.41, 5.74) is 2.41. The topological polar surface area (TPSA) is 69.1 Å². The average Bonchev–Trinajstić information content (AvgIpc) is 2.61. The van der Waals surface area contributed by atoms with E-state index in [0.29, 0.717) is 16.7 Å². The number of hydrogen-bond acceptors (Lipinski definition) is 2. The number of aromatic amines is 2. The molecule has 0 fully saturated rings. The van der Waals surface area contributed by atoms with Gasteiger partial charge in [-0.25, -0.2) is 9.50 Å². The molecule has 3 aromatic rings. The largest absolute Gasteiger partial charge is 0.493 e. The Hall–Kier alpha value is -2.43. The van der Waals surface area contributed by atoms with Gasteiger partial charge >= 0.3 is 0 Å². The highest BCUT2D eigenvalue weighted by molar-refractivity contribution is 5.78. The molecule has 0 aliphatic heterocycles. The molecule has 1 aromatic carbocycles. The molecule has 0 spiro atoms. The fraction of sp³-hybridized carbons (Fsp3) is 0.0833. The summed E-state index contributed by atoms with van der Waals surface area (Å²) < 4.78 is 1.70. The fourth-order valence-corrected chi connectivity index (χ4v) is 1.78. The van der Waals surface area contributed by atoms with E-state index in [0.717, 1.165) is 11.0 Å². The third kappa shape index (κ3) is 1.36. The Kier molecular flexibility index (Phi) is 1.89. The molecule has 3 N–H and O–H groups in total. The number of aromatic nitrogens is 4. The smallest absolute Gasteiger partial charge is 0.227 e. The number of para-hydroxylation sites is 2. The number of imidazole rings is 1. The highest BCUT2D eigenvalue weighted by Gasteiger charge is 2.05. The molecule has 86 valence electrons. The molecule has 5 heteroatoms. The number of benzene rings is 1. The highest BCUT2D eigenvalue weighted by Crippen LogP contribution is 2.14. The van der Waals surface area contributed by atoms with E-state index in [1.807, 2.05) is 24.3 Å². The van der Waals surface area contributed by atoms with Crippen molar-refractivity contribution in [3.8, 4) is 5.88 Å². The van der Waals surface area contributed by atoms with Crippen LogP contribution in [-0.4, -0.2) is 24.7 Å². The van der Waals surface area contributed by atoms with Crippen LogP contribution in [-0.2, 0) is 0 Å². The zero-order valence-corrected chi connectivity index (χ0v) is 9.36. The van der Waals surface area contributed by atoms with Gasteiger partial charge in [-0.3, -0.25) is 5.10 Å². The molecule has 3 rings (SSSR count). The van der Waals surface area contributed by atoms with E-state index in [4.69, 9.17) is 0 Å². The van der Waals surface area contributed by atoms with Crippen LogP contribution in [0, 0.1) is 6.92 Å². The van der Waals surface area contributed by atoms with Crippen molar-refractivity contribution < 1.29 is 5.11 Å². The van der Waals surface area contributed by atoms with Crippen LogP contribution >= 0.6 is 0 Å². The lowest BCUT2D eigenvalue weighted by Crippen LogP contribution is -2.05. The second-order valence-corrected chi connectivity index (χ2v) is 3.95. The maximum absolute atomic E-state index is 9.87. The summed E-state index contributed by atoms with van der Waals surface area (Å²) in [6.07, 6.45) is 0. The zero-order chi connectivity index (χ0) is 12.0. The molecular formula is C12H12N4O. The molecule has 17 heavy (non-hydrogen) atoms. The Morgan fingerprint density at radius 1 is 1.35 bits per heavy atom. The maximum Gasteiger partial charge on any atom is 0.227 e. The van der Waals surface area contributed by atoms with Crippen molar-refractivity contribution in [1.29, 1.82) is 0 Å². The van der Waals surface area contributed by atoms with Crippen molar-refractivity contribution >= 4 is 23.4 Å². The van der Waals surface area contributed by atoms with Crippen LogP contribution in [0.15, 0.2) is 24.3 Å². The first-order chi connectivity index (χ1) is 8.16. The minimum atomic E-state index is 0.0735. The first-order valence-corrected chi connectivity index (χ1v) is 5.27. The van der Waals surface area contributed by atoms with Crippen molar-refractivity contribution in [3.63, 3.8) is 0 Å². The van der Waals surface area contributed by atoms with Crippen molar-refractivity contribution in [2.45, 2.75) is 6.92 Å². The third-order valence-electron chi connectivity index (χ3n) is 2.85. The van der Waals surface area contributed by atoms with E-state index in [2.05, 4.69) is 21.6 Å². The van der Waals surface area contributed by atoms with Gasteiger partial charge in [-0.15, -0.1) is 0 Å². The highest BCUT2D eigenvalue weighted by atomic mass is 16.3. The first kappa shape index (κ1) is 9.77. The van der Waals surface area contributed by atoms with Gasteiger partial charge in [0.15, 0.2) is 0 Å². The molecule has 0 aliphatic rings. The molecule has 2 heterocycles. The Bertz CT molecular complexity index is 791. The summed E-state index contributed by atoms with van der Waals surface area (Å²) in [6, 6.07) is 7.69. The Morgan fingerprint density at radius 3 is 2.94 bits per heavy atom. The SMILES string of the molecule is C=c1[nH]c2nc3ccccc3n2[nH]c(O)c1C. The Morgan fingerprint density at radius 2 is 2.12 bits per heavy atom. The zero-order valence-electron chi connectivity index (χ0n) is 9.36. The van der Waals surface area contributed by atoms with Crippen LogP contribution in [0.4, 0.5) is 0 Å². The van der Waals surface area contributed by atoms with Gasteiger partial charge in [0.25, 0.3) is 0 Å². The van der Waals surface area contributed by atoms with Gasteiger partial charge in [0, 0.05) is 10.9 Å². The van der Waals surface area contributed by atoms with Crippen molar-refractivity contribution in [3.05, 3.63) is 35.2 Å². The number of rotatable bonds is 0. The molecule has 0 bridgehead atoms. The normalized spacial score (nSPS) is 11.1. The molecule has 0 aliphatic carbocycles. The molecule has 0 saturated carbocycles. The first-order valence-electron chi connectivity index (χ1n) is 5.27. The molecular weight excluding hydrogens is 216 g/mol. The lowest BCUT2D eigenvalue weighted by molar-refractivity contribution is 0.440. The van der Waals surface area contributed by atoms with Gasteiger partial charge in [0.05, 0.1) is 11.0 Å². The van der Waals surface area contributed by atoms with Crippen LogP contribution in [0.25, 0.3) is 23.4 Å². The van der Waals surface area contributed by atoms with Gasteiger partial charge in [-0.05, 0) is 19.1 Å². The lowest BCUT2D eigenvalue weighted by atomic mass is 10.3. The average molecular weight is 228 g/mol. The number of fused-ring (bicyclic) bond motifs is 3. The Balaban J connectivity index is 2.63. The van der Waals surface area contributed by atoms with Crippen LogP contribution in [0.5, 0.6) is 5.88 Å². The molecule has 5 nitrogen and oxygen atoms in total. The minimum absolute atomic E-state index is 0.0735. The molecule has 0 unspecified atom stereocenters. The summed E-state index contributed by atoms with van der Waals surface area (Å²) in [7, 11) is 0. The van der Waals surface area contributed by atoms with Crippen LogP contribution in [0.1, 0.15) is 5.56 Å². The second kappa shape index (κ2) is 3.28. The van der Waals surface area contributed by atoms with Crippen molar-refractivity contribution in [1.82, 2.24) is 19.6 Å². The van der Waals surface area contributed by atoms with Gasteiger partial charge < -0.3 is 10.1 Å². The molecule has 0 amide bonds. The monoisotopic (exact) mass is 228 g/mol. The van der Waals surface area contributed by atoms with Gasteiger partial charge in [-0.2, -0.15) is 0 Å². The predicted octanol–water partition coefficient (Wildman–Crippen LogP) is 1.41. The predicted molar refractivity (Wildman–Crippen MR) is 66.2 cm³/mol. The maximum atomic E-state index is 9.87. The Labute approximate surface area is 96.7 Å². The molecule has 2 aromatic heterocycles. The molecule has 0 radical (unpaired) electrons. The molecule has 0 saturated heterocycles. The number of nitrogens with one attached hydrogen (secondary N) is 2. The van der Waals surface area contributed by atoms with Crippen LogP contribution in [0.2, 0.25) is 0 Å². The quantitative estimate of drug-likeness (QED) is 0.544. The van der Waals surface area contributed by atoms with E-state index in [9.17, 15) is 5.11 Å². The number of H-pyrrole nitrogens is 2. The fourth-order valence-electron chi connectivity index (χ4n) is 1.78. The number of aromatic hydroxyl groups is 1. The standard InChI is InChI=1S/C12H12N4O/c1-7-8(2)13-12-14-9-5-3-4-6-10(9)16(12)15-11(7)17/h3-6,15,17H,2H2,1H3,(H,13,14). The summed E-state index contributed by atoms with van der Waals surface area (Å²) in [6.45, 7) is 5.64. The summed E-state index contributed by atoms with van der Waals surface area (Å²) in [5.74, 6) is 0.684. The van der Waals surface area contributed by atoms with E-state index < -0.39 is 0 Å². The summed E-state index contributed by atoms with van der Waals surface area (Å²) >= 11 is 0. The van der Waals surface area contributed by atoms with Crippen molar-refractivity contribution in [2.24, 2.45) is 0 Å². The van der Waals surface area contributed by atoms with Crippen LogP contribution in [0.3, 0.4) is 0 Å². The van der Waals surface area contributed by atoms with E-state index in [1.54, 1.807) is 11.4 Å². The van der Waals surface area contributed by atoms with Gasteiger partial charge in [-0.1, -0.05) is 18.7 Å². The summed E-state index contributed by atoms with van der Waals surface area (Å²) in [5, 5.41) is 13.4. The van der Waals surface area contributed by atoms with E-state index in [1.165, 1.54) is 0 Å². The van der Waals surface area contributed by atoms with Crippen LogP contribution < -0.4 is 5.35 Å². The lowest BCUT2D eigenvalue weighted by Gasteiger charge is -1.93.